The number of unbranched alkanes of at least 4 members (excludes halogenated alkanes) is 3. The number of aromatic hydroxyl groups is 1. The largest absolute Gasteiger partial charge is 0.508 e. The third kappa shape index (κ3) is 4.23. The molecule has 0 aliphatic heterocycles. The molecule has 0 fully saturated rings. The second-order valence-corrected chi connectivity index (χ2v) is 5.95. The average molecular weight is 292 g/mol. The van der Waals surface area contributed by atoms with E-state index in [9.17, 15) is 15.0 Å². The molecule has 1 aromatic carbocycles. The van der Waals surface area contributed by atoms with Crippen molar-refractivity contribution in [1.29, 1.82) is 0 Å². The lowest BCUT2D eigenvalue weighted by Crippen LogP contribution is -2.36. The number of carboxylic acids is 1. The van der Waals surface area contributed by atoms with Crippen LogP contribution in [0.5, 0.6) is 5.75 Å². The van der Waals surface area contributed by atoms with E-state index in [1.807, 2.05) is 13.0 Å². The van der Waals surface area contributed by atoms with Crippen molar-refractivity contribution in [2.75, 3.05) is 0 Å². The van der Waals surface area contributed by atoms with Gasteiger partial charge in [0.15, 0.2) is 0 Å². The highest BCUT2D eigenvalue weighted by Crippen LogP contribution is 2.37. The van der Waals surface area contributed by atoms with Crippen LogP contribution in [0.3, 0.4) is 0 Å². The van der Waals surface area contributed by atoms with Crippen LogP contribution >= 0.6 is 0 Å². The van der Waals surface area contributed by atoms with Gasteiger partial charge < -0.3 is 10.2 Å². The molecule has 0 aromatic heterocycles. The fourth-order valence-electron chi connectivity index (χ4n) is 2.86. The molecule has 3 nitrogen and oxygen atoms in total. The standard InChI is InChI=1S/C18H28O3/c1-4-6-8-12-18(17(20)21,11-7-5-2)15-9-10-16(19)14(3)13-15/h9-10,13,19H,4-8,11-12H2,1-3H3,(H,20,21). The number of carbonyl (C=O) groups is 1. The zero-order chi connectivity index (χ0) is 15.9. The first-order valence-corrected chi connectivity index (χ1v) is 8.01. The van der Waals surface area contributed by atoms with Gasteiger partial charge in [0.25, 0.3) is 0 Å². The fraction of sp³-hybridized carbons (Fsp3) is 0.611. The molecule has 0 spiro atoms. The van der Waals surface area contributed by atoms with Crippen LogP contribution < -0.4 is 0 Å². The van der Waals surface area contributed by atoms with Crippen LogP contribution in [-0.4, -0.2) is 16.2 Å². The zero-order valence-electron chi connectivity index (χ0n) is 13.5. The van der Waals surface area contributed by atoms with Crippen molar-refractivity contribution in [3.63, 3.8) is 0 Å². The Kier molecular flexibility index (Phi) is 6.73. The van der Waals surface area contributed by atoms with E-state index >= 15 is 0 Å². The van der Waals surface area contributed by atoms with E-state index in [1.54, 1.807) is 12.1 Å². The van der Waals surface area contributed by atoms with Crippen LogP contribution in [0, 0.1) is 6.92 Å². The molecule has 0 saturated heterocycles. The molecule has 0 heterocycles. The Bertz CT molecular complexity index is 468. The molecule has 118 valence electrons. The summed E-state index contributed by atoms with van der Waals surface area (Å²) in [7, 11) is 0. The highest BCUT2D eigenvalue weighted by molar-refractivity contribution is 5.81. The summed E-state index contributed by atoms with van der Waals surface area (Å²) in [5, 5.41) is 19.6. The van der Waals surface area contributed by atoms with Crippen molar-refractivity contribution in [1.82, 2.24) is 0 Å². The van der Waals surface area contributed by atoms with Gasteiger partial charge in [-0.25, -0.2) is 0 Å². The average Bonchev–Trinajstić information content (AvgIpc) is 2.45. The first-order valence-electron chi connectivity index (χ1n) is 8.01. The third-order valence-electron chi connectivity index (χ3n) is 4.32. The number of aryl methyl sites for hydroxylation is 1. The van der Waals surface area contributed by atoms with Gasteiger partial charge in [-0.15, -0.1) is 0 Å². The first-order chi connectivity index (χ1) is 9.97. The third-order valence-corrected chi connectivity index (χ3v) is 4.32. The van der Waals surface area contributed by atoms with Gasteiger partial charge in [0.2, 0.25) is 0 Å². The summed E-state index contributed by atoms with van der Waals surface area (Å²) >= 11 is 0. The summed E-state index contributed by atoms with van der Waals surface area (Å²) in [6.07, 6.45) is 6.27. The minimum atomic E-state index is -0.816. The molecular weight excluding hydrogens is 264 g/mol. The fourth-order valence-corrected chi connectivity index (χ4v) is 2.86. The van der Waals surface area contributed by atoms with E-state index in [2.05, 4.69) is 13.8 Å². The molecule has 0 aliphatic carbocycles. The Balaban J connectivity index is 3.18. The van der Waals surface area contributed by atoms with Gasteiger partial charge in [0.05, 0.1) is 5.41 Å². The van der Waals surface area contributed by atoms with E-state index in [-0.39, 0.29) is 5.75 Å². The second kappa shape index (κ2) is 8.06. The maximum atomic E-state index is 12.1. The normalized spacial score (nSPS) is 13.9. The van der Waals surface area contributed by atoms with E-state index in [1.165, 1.54) is 0 Å². The highest BCUT2D eigenvalue weighted by atomic mass is 16.4. The maximum absolute atomic E-state index is 12.1. The lowest BCUT2D eigenvalue weighted by molar-refractivity contribution is -0.144. The number of benzene rings is 1. The predicted octanol–water partition coefficient (Wildman–Crippen LogP) is 4.79. The van der Waals surface area contributed by atoms with Gasteiger partial charge >= 0.3 is 5.97 Å². The predicted molar refractivity (Wildman–Crippen MR) is 85.8 cm³/mol. The van der Waals surface area contributed by atoms with Crippen molar-refractivity contribution in [3.8, 4) is 5.75 Å². The summed E-state index contributed by atoms with van der Waals surface area (Å²) in [6, 6.07) is 5.23. The molecule has 1 atom stereocenters. The van der Waals surface area contributed by atoms with Gasteiger partial charge in [-0.1, -0.05) is 58.1 Å². The van der Waals surface area contributed by atoms with Gasteiger partial charge in [-0.05, 0) is 37.0 Å². The highest BCUT2D eigenvalue weighted by Gasteiger charge is 2.39. The molecule has 0 amide bonds. The lowest BCUT2D eigenvalue weighted by atomic mass is 9.72. The molecule has 2 N–H and O–H groups in total. The van der Waals surface area contributed by atoms with Crippen molar-refractivity contribution in [2.45, 2.75) is 71.1 Å². The van der Waals surface area contributed by atoms with Crippen molar-refractivity contribution < 1.29 is 15.0 Å². The van der Waals surface area contributed by atoms with Gasteiger partial charge in [-0.3, -0.25) is 4.79 Å². The Morgan fingerprint density at radius 3 is 2.24 bits per heavy atom. The number of rotatable bonds is 9. The lowest BCUT2D eigenvalue weighted by Gasteiger charge is -2.30. The van der Waals surface area contributed by atoms with Gasteiger partial charge in [0.1, 0.15) is 5.75 Å². The minimum absolute atomic E-state index is 0.224. The van der Waals surface area contributed by atoms with E-state index in [0.29, 0.717) is 12.8 Å². The number of hydrogen-bond acceptors (Lipinski definition) is 2. The molecular formula is C18H28O3. The minimum Gasteiger partial charge on any atom is -0.508 e. The monoisotopic (exact) mass is 292 g/mol. The van der Waals surface area contributed by atoms with Crippen molar-refractivity contribution >= 4 is 5.97 Å². The number of phenols is 1. The molecule has 0 radical (unpaired) electrons. The molecule has 1 unspecified atom stereocenters. The molecule has 1 aromatic rings. The van der Waals surface area contributed by atoms with E-state index < -0.39 is 11.4 Å². The molecule has 1 rings (SSSR count). The SMILES string of the molecule is CCCCCC(CCCC)(C(=O)O)c1ccc(O)c(C)c1. The summed E-state index contributed by atoms with van der Waals surface area (Å²) < 4.78 is 0. The molecule has 0 aliphatic rings. The van der Waals surface area contributed by atoms with Crippen LogP contribution in [-0.2, 0) is 10.2 Å². The Morgan fingerprint density at radius 2 is 1.71 bits per heavy atom. The zero-order valence-corrected chi connectivity index (χ0v) is 13.5. The number of hydrogen-bond donors (Lipinski definition) is 2. The molecule has 0 bridgehead atoms. The smallest absolute Gasteiger partial charge is 0.314 e. The van der Waals surface area contributed by atoms with Crippen LogP contribution in [0.4, 0.5) is 0 Å². The Labute approximate surface area is 128 Å². The van der Waals surface area contributed by atoms with Crippen molar-refractivity contribution in [3.05, 3.63) is 29.3 Å². The van der Waals surface area contributed by atoms with Crippen LogP contribution in [0.25, 0.3) is 0 Å². The maximum Gasteiger partial charge on any atom is 0.314 e. The number of carboxylic acid groups (broad SMARTS) is 1. The number of phenolic OH excluding ortho intramolecular Hbond substituents is 1. The molecule has 0 saturated carbocycles. The Hall–Kier alpha value is -1.51. The Morgan fingerprint density at radius 1 is 1.10 bits per heavy atom. The number of aliphatic carboxylic acids is 1. The van der Waals surface area contributed by atoms with Gasteiger partial charge in [0, 0.05) is 0 Å². The summed E-state index contributed by atoms with van der Waals surface area (Å²) in [5.41, 5.74) is 0.754. The first kappa shape index (κ1) is 17.5. The van der Waals surface area contributed by atoms with Gasteiger partial charge in [-0.2, -0.15) is 0 Å². The quantitative estimate of drug-likeness (QED) is 0.643. The topological polar surface area (TPSA) is 57.5 Å². The second-order valence-electron chi connectivity index (χ2n) is 5.95. The van der Waals surface area contributed by atoms with Crippen LogP contribution in [0.1, 0.15) is 69.9 Å². The molecule has 21 heavy (non-hydrogen) atoms. The summed E-state index contributed by atoms with van der Waals surface area (Å²) in [4.78, 5) is 12.1. The summed E-state index contributed by atoms with van der Waals surface area (Å²) in [6.45, 7) is 6.03. The van der Waals surface area contributed by atoms with E-state index in [4.69, 9.17) is 0 Å². The van der Waals surface area contributed by atoms with Crippen LogP contribution in [0.15, 0.2) is 18.2 Å². The summed E-state index contributed by atoms with van der Waals surface area (Å²) in [5.74, 6) is -0.515. The van der Waals surface area contributed by atoms with E-state index in [0.717, 1.165) is 43.2 Å². The molecule has 3 heteroatoms. The van der Waals surface area contributed by atoms with Crippen LogP contribution in [0.2, 0.25) is 0 Å². The van der Waals surface area contributed by atoms with Crippen molar-refractivity contribution in [2.24, 2.45) is 0 Å².